The Morgan fingerprint density at radius 2 is 1.40 bits per heavy atom. The molecule has 17 heteroatoms. The highest BCUT2D eigenvalue weighted by molar-refractivity contribution is 8.03. The number of thiazole rings is 1. The third kappa shape index (κ3) is 10.4. The van der Waals surface area contributed by atoms with Gasteiger partial charge in [0.2, 0.25) is 5.52 Å². The number of benzene rings is 4. The quantitative estimate of drug-likeness (QED) is 0.0276. The zero-order valence-corrected chi connectivity index (χ0v) is 36.8. The molecule has 0 spiro atoms. The second-order valence-electron chi connectivity index (χ2n) is 12.8. The number of hydrogen-bond donors (Lipinski definition) is 0. The van der Waals surface area contributed by atoms with E-state index in [9.17, 15) is 10.5 Å². The van der Waals surface area contributed by atoms with Crippen molar-refractivity contribution in [3.63, 3.8) is 0 Å². The number of fused-ring (bicyclic) bond motifs is 2. The van der Waals surface area contributed by atoms with Crippen LogP contribution in [0.5, 0.6) is 0 Å². The zero-order chi connectivity index (χ0) is 40.4. The number of aryl methyl sites for hydroxylation is 1. The van der Waals surface area contributed by atoms with E-state index in [0.717, 1.165) is 97.7 Å². The molecule has 0 unspecified atom stereocenters. The Balaban J connectivity index is 1.31. The summed E-state index contributed by atoms with van der Waals surface area (Å²) in [5, 5.41) is 31.7. The van der Waals surface area contributed by atoms with Crippen molar-refractivity contribution in [1.82, 2.24) is 0 Å². The van der Waals surface area contributed by atoms with Gasteiger partial charge in [0.1, 0.15) is 4.70 Å². The van der Waals surface area contributed by atoms with E-state index in [4.69, 9.17) is 46.4 Å². The molecule has 5 aromatic rings. The number of halogens is 4. The largest absolute Gasteiger partial charge is 0.691 e. The molecule has 1 aliphatic heterocycles. The van der Waals surface area contributed by atoms with Crippen LogP contribution in [-0.2, 0) is 25.3 Å². The number of aromatic nitrogens is 1. The maximum atomic E-state index is 10.3. The lowest BCUT2D eigenvalue weighted by molar-refractivity contribution is -0.777. The molecule has 7 rings (SSSR count). The molecule has 0 bridgehead atoms. The van der Waals surface area contributed by atoms with Crippen LogP contribution in [0.3, 0.4) is 0 Å². The number of para-hydroxylation sites is 2. The van der Waals surface area contributed by atoms with Crippen LogP contribution in [0.15, 0.2) is 130 Å². The van der Waals surface area contributed by atoms with Crippen molar-refractivity contribution >= 4 is 127 Å². The molecule has 0 atom stereocenters. The van der Waals surface area contributed by atoms with Gasteiger partial charge >= 0.3 is 0 Å². The Labute approximate surface area is 373 Å². The molecule has 4 aromatic carbocycles. The zero-order valence-electron chi connectivity index (χ0n) is 30.5. The molecule has 0 radical (unpaired) electrons. The third-order valence-corrected chi connectivity index (χ3v) is 14.2. The van der Waals surface area contributed by atoms with Gasteiger partial charge in [-0.1, -0.05) is 112 Å². The summed E-state index contributed by atoms with van der Waals surface area (Å²) in [6.07, 6.45) is 11.8. The minimum atomic E-state index is 0.481. The van der Waals surface area contributed by atoms with Crippen molar-refractivity contribution < 1.29 is 33.8 Å². The highest BCUT2D eigenvalue weighted by atomic mass is 35.5. The van der Waals surface area contributed by atoms with Gasteiger partial charge in [-0.25, -0.2) is 0 Å². The number of anilines is 3. The summed E-state index contributed by atoms with van der Waals surface area (Å²) in [6.45, 7) is 1.31. The fourth-order valence-corrected chi connectivity index (χ4v) is 10.5. The number of allylic oxidation sites excluding steroid dienone is 5. The van der Waals surface area contributed by atoms with Crippen molar-refractivity contribution in [3.05, 3.63) is 150 Å². The Bertz CT molecular complexity index is 2310. The molecule has 302 valence electrons. The average molecular weight is 935 g/mol. The highest BCUT2D eigenvalue weighted by Gasteiger charge is 2.29. The van der Waals surface area contributed by atoms with Gasteiger partial charge in [-0.3, -0.25) is 10.1 Å². The average Bonchev–Trinajstić information content (AvgIpc) is 3.89. The lowest BCUT2D eigenvalue weighted by atomic mass is 10.1. The van der Waals surface area contributed by atoms with Crippen molar-refractivity contribution in [1.29, 1.82) is 0 Å². The van der Waals surface area contributed by atoms with Crippen molar-refractivity contribution in [2.24, 2.45) is 0 Å². The van der Waals surface area contributed by atoms with Gasteiger partial charge in [0, 0.05) is 77.0 Å². The van der Waals surface area contributed by atoms with E-state index in [-0.39, 0.29) is 0 Å². The predicted molar refractivity (Wildman–Crippen MR) is 237 cm³/mol. The SMILES string of the molecule is [O-]OOSCCCN1/C(=C/C=C2\CCC(/C=C/c3sc4cc(Cl)c(Cl)cc4[n+]3CCCSOO[O-])=C2N(c2ccccc2)c2ccccc2)Sc2cc(Cl)c(Cl)cc21. The van der Waals surface area contributed by atoms with Crippen LogP contribution >= 0.6 is 93.6 Å². The van der Waals surface area contributed by atoms with E-state index in [1.54, 1.807) is 23.1 Å². The number of hydrogen-bond acceptors (Lipinski definition) is 12. The van der Waals surface area contributed by atoms with Gasteiger partial charge in [-0.05, 0) is 85.0 Å². The second kappa shape index (κ2) is 21.2. The second-order valence-corrected chi connectivity index (χ2v) is 18.2. The van der Waals surface area contributed by atoms with Crippen molar-refractivity contribution in [2.75, 3.05) is 27.9 Å². The summed E-state index contributed by atoms with van der Waals surface area (Å²) in [6, 6.07) is 28.4. The van der Waals surface area contributed by atoms with Gasteiger partial charge in [0.25, 0.3) is 5.01 Å². The van der Waals surface area contributed by atoms with E-state index in [1.807, 2.05) is 36.4 Å². The molecule has 0 saturated heterocycles. The molecule has 0 saturated carbocycles. The monoisotopic (exact) mass is 932 g/mol. The van der Waals surface area contributed by atoms with Crippen LogP contribution in [0, 0.1) is 0 Å². The van der Waals surface area contributed by atoms with Crippen molar-refractivity contribution in [3.8, 4) is 0 Å². The number of rotatable bonds is 18. The molecular weight excluding hydrogens is 901 g/mol. The molecule has 58 heavy (non-hydrogen) atoms. The minimum absolute atomic E-state index is 0.481. The van der Waals surface area contributed by atoms with Gasteiger partial charge in [-0.15, -0.1) is 0 Å². The van der Waals surface area contributed by atoms with Crippen LogP contribution < -0.4 is 24.9 Å². The molecule has 9 nitrogen and oxygen atoms in total. The molecule has 2 heterocycles. The molecule has 2 aliphatic rings. The maximum absolute atomic E-state index is 10.3. The first-order valence-corrected chi connectivity index (χ1v) is 23.0. The fraction of sp³-hybridized carbons (Fsp3) is 0.195. The summed E-state index contributed by atoms with van der Waals surface area (Å²) < 4.78 is 12.2. The molecule has 1 aromatic heterocycles. The predicted octanol–water partition coefficient (Wildman–Crippen LogP) is 11.6. The van der Waals surface area contributed by atoms with E-state index in [1.165, 1.54) is 11.1 Å². The van der Waals surface area contributed by atoms with E-state index in [0.29, 0.717) is 44.7 Å². The lowest BCUT2D eigenvalue weighted by Gasteiger charge is -2.28. The first-order chi connectivity index (χ1) is 28.4. The van der Waals surface area contributed by atoms with Crippen LogP contribution in [0.25, 0.3) is 16.3 Å². The first kappa shape index (κ1) is 43.4. The maximum Gasteiger partial charge on any atom is 0.262 e. The van der Waals surface area contributed by atoms with Crippen LogP contribution in [0.2, 0.25) is 20.1 Å². The normalized spacial score (nSPS) is 15.6. The Morgan fingerprint density at radius 1 is 0.759 bits per heavy atom. The van der Waals surface area contributed by atoms with Gasteiger partial charge < -0.3 is 20.3 Å². The number of nitrogens with zero attached hydrogens (tertiary/aromatic N) is 3. The molecule has 0 fully saturated rings. The molecule has 0 amide bonds. The molecular formula is C41H34Cl4N3O6S4-. The van der Waals surface area contributed by atoms with Gasteiger partial charge in [0.15, 0.2) is 6.54 Å². The smallest absolute Gasteiger partial charge is 0.262 e. The highest BCUT2D eigenvalue weighted by Crippen LogP contribution is 2.49. The summed E-state index contributed by atoms with van der Waals surface area (Å²) in [7, 11) is 0. The van der Waals surface area contributed by atoms with Crippen LogP contribution in [0.1, 0.15) is 30.7 Å². The number of thioether (sulfide) groups is 1. The lowest BCUT2D eigenvalue weighted by Crippen LogP contribution is -2.35. The third-order valence-electron chi connectivity index (χ3n) is 9.30. The van der Waals surface area contributed by atoms with Crippen LogP contribution in [0.4, 0.5) is 17.1 Å². The topological polar surface area (TPSA) is 93.4 Å². The Kier molecular flexibility index (Phi) is 15.9. The fourth-order valence-electron chi connectivity index (χ4n) is 6.80. The summed E-state index contributed by atoms with van der Waals surface area (Å²) >= 11 is 31.2. The Hall–Kier alpha value is -2.70. The first-order valence-electron chi connectivity index (χ1n) is 18.0. The Morgan fingerprint density at radius 3 is 2.09 bits per heavy atom. The van der Waals surface area contributed by atoms with Gasteiger partial charge in [-0.2, -0.15) is 13.2 Å². The van der Waals surface area contributed by atoms with Crippen LogP contribution in [-0.4, -0.2) is 18.1 Å². The summed E-state index contributed by atoms with van der Waals surface area (Å²) in [5.41, 5.74) is 7.45. The standard InChI is InChI=1S/C41H35Cl4N3O6S4/c42-31-23-35-37(25-33(31)44)57-39(46(35)19-7-21-55-53-51-49)17-15-27-13-14-28(41(27)48(29-9-3-1-4-10-29)30-11-5-2-6-12-30)16-18-40-47(20-8-22-56-54-52-50)36-24-32(43)34(45)26-38(36)58-40/h1-6,9-12,15-18,23-26H,7-8,13-14,19-22H2,(H-,49,50)/p-1. The van der Waals surface area contributed by atoms with E-state index in [2.05, 4.69) is 106 Å². The van der Waals surface area contributed by atoms with E-state index < -0.39 is 0 Å². The van der Waals surface area contributed by atoms with Crippen molar-refractivity contribution in [2.45, 2.75) is 37.1 Å². The summed E-state index contributed by atoms with van der Waals surface area (Å²) in [4.78, 5) is 5.56. The molecule has 0 N–H and O–H groups in total. The van der Waals surface area contributed by atoms with Gasteiger partial charge in [0.05, 0.1) is 36.5 Å². The minimum Gasteiger partial charge on any atom is -0.691 e. The molecule has 1 aliphatic carbocycles. The summed E-state index contributed by atoms with van der Waals surface area (Å²) in [5.74, 6) is 1.12. The van der Waals surface area contributed by atoms with E-state index >= 15 is 0 Å².